The lowest BCUT2D eigenvalue weighted by atomic mass is 10.1. The highest BCUT2D eigenvalue weighted by molar-refractivity contribution is 5.95. The molecule has 4 rings (SSSR count). The summed E-state index contributed by atoms with van der Waals surface area (Å²) in [5, 5.41) is 0. The largest absolute Gasteiger partial charge is 0.495 e. The van der Waals surface area contributed by atoms with Gasteiger partial charge in [-0.15, -0.1) is 0 Å². The lowest BCUT2D eigenvalue weighted by Crippen LogP contribution is -2.25. The molecule has 3 aromatic rings. The number of nitrogens with zero attached hydrogens (tertiary/aromatic N) is 2. The van der Waals surface area contributed by atoms with Gasteiger partial charge < -0.3 is 9.64 Å². The first-order valence-electron chi connectivity index (χ1n) is 8.72. The minimum absolute atomic E-state index is 0.00487. The second kappa shape index (κ2) is 7.35. The third kappa shape index (κ3) is 3.54. The Morgan fingerprint density at radius 2 is 1.74 bits per heavy atom. The van der Waals surface area contributed by atoms with Gasteiger partial charge in [0.1, 0.15) is 11.4 Å². The molecule has 0 saturated heterocycles. The van der Waals surface area contributed by atoms with Crippen molar-refractivity contribution in [2.24, 2.45) is 0 Å². The van der Waals surface area contributed by atoms with Gasteiger partial charge in [0.2, 0.25) is 0 Å². The number of methoxy groups -OCH3 is 1. The fourth-order valence-electron chi connectivity index (χ4n) is 3.17. The molecular weight excluding hydrogens is 336 g/mol. The first kappa shape index (κ1) is 16.9. The molecule has 1 aromatic heterocycles. The number of pyridine rings is 1. The molecule has 0 saturated carbocycles. The van der Waals surface area contributed by atoms with Crippen LogP contribution in [0.25, 0.3) is 0 Å². The number of hydrogen-bond donors (Lipinski definition) is 0. The van der Waals surface area contributed by atoms with Crippen molar-refractivity contribution in [1.82, 2.24) is 9.88 Å². The fourth-order valence-corrected chi connectivity index (χ4v) is 3.17. The maximum Gasteiger partial charge on any atom is 0.254 e. The van der Waals surface area contributed by atoms with Crippen LogP contribution in [0.5, 0.6) is 5.75 Å². The molecule has 0 aliphatic carbocycles. The Balaban J connectivity index is 1.61. The number of aromatic nitrogens is 1. The number of amides is 1. The minimum atomic E-state index is -0.00487. The molecule has 132 valence electrons. The number of ether oxygens (including phenoxy) is 1. The molecule has 1 amide bonds. The zero-order chi connectivity index (χ0) is 18.6. The van der Waals surface area contributed by atoms with Crippen molar-refractivity contribution >= 4 is 5.91 Å². The smallest absolute Gasteiger partial charge is 0.254 e. The van der Waals surface area contributed by atoms with E-state index in [0.29, 0.717) is 35.7 Å². The van der Waals surface area contributed by atoms with Crippen LogP contribution in [-0.2, 0) is 13.1 Å². The Kier molecular flexibility index (Phi) is 4.59. The number of hydrogen-bond acceptors (Lipinski definition) is 3. The molecule has 1 aliphatic rings. The zero-order valence-corrected chi connectivity index (χ0v) is 15.0. The summed E-state index contributed by atoms with van der Waals surface area (Å²) in [5.41, 5.74) is 4.36. The number of carbonyl (C=O) groups excluding carboxylic acids is 1. The molecular formula is C23H18N2O2. The third-order valence-corrected chi connectivity index (χ3v) is 4.56. The molecule has 0 radical (unpaired) electrons. The molecule has 0 atom stereocenters. The lowest BCUT2D eigenvalue weighted by Gasteiger charge is -2.16. The number of carbonyl (C=O) groups is 1. The summed E-state index contributed by atoms with van der Waals surface area (Å²) < 4.78 is 5.40. The van der Waals surface area contributed by atoms with E-state index in [1.54, 1.807) is 31.5 Å². The molecule has 2 heterocycles. The van der Waals surface area contributed by atoms with E-state index < -0.39 is 0 Å². The molecule has 2 aromatic carbocycles. The van der Waals surface area contributed by atoms with E-state index in [1.807, 2.05) is 35.2 Å². The summed E-state index contributed by atoms with van der Waals surface area (Å²) in [7, 11) is 1.60. The van der Waals surface area contributed by atoms with Gasteiger partial charge in [0.05, 0.1) is 12.7 Å². The van der Waals surface area contributed by atoms with Gasteiger partial charge in [-0.3, -0.25) is 4.79 Å². The molecule has 4 heteroatoms. The van der Waals surface area contributed by atoms with Gasteiger partial charge in [0, 0.05) is 24.8 Å². The Hall–Kier alpha value is -3.58. The lowest BCUT2D eigenvalue weighted by molar-refractivity contribution is 0.0751. The van der Waals surface area contributed by atoms with Gasteiger partial charge in [-0.1, -0.05) is 36.3 Å². The van der Waals surface area contributed by atoms with Crippen molar-refractivity contribution in [3.63, 3.8) is 0 Å². The van der Waals surface area contributed by atoms with E-state index in [-0.39, 0.29) is 5.91 Å². The number of rotatable bonds is 2. The quantitative estimate of drug-likeness (QED) is 0.660. The molecule has 0 bridgehead atoms. The summed E-state index contributed by atoms with van der Waals surface area (Å²) >= 11 is 0. The van der Waals surface area contributed by atoms with E-state index in [1.165, 1.54) is 11.1 Å². The summed E-state index contributed by atoms with van der Waals surface area (Å²) in [6.45, 7) is 1.27. The monoisotopic (exact) mass is 354 g/mol. The van der Waals surface area contributed by atoms with Crippen molar-refractivity contribution in [2.75, 3.05) is 7.11 Å². The van der Waals surface area contributed by atoms with Crippen molar-refractivity contribution in [2.45, 2.75) is 13.1 Å². The van der Waals surface area contributed by atoms with E-state index in [0.717, 1.165) is 0 Å². The Morgan fingerprint density at radius 3 is 2.41 bits per heavy atom. The molecule has 0 spiro atoms. The van der Waals surface area contributed by atoms with Crippen molar-refractivity contribution < 1.29 is 9.53 Å². The maximum atomic E-state index is 13.0. The Morgan fingerprint density at radius 1 is 1.00 bits per heavy atom. The molecule has 0 fully saturated rings. The predicted molar refractivity (Wildman–Crippen MR) is 103 cm³/mol. The van der Waals surface area contributed by atoms with Gasteiger partial charge in [0.15, 0.2) is 0 Å². The summed E-state index contributed by atoms with van der Waals surface area (Å²) in [5.74, 6) is 6.73. The predicted octanol–water partition coefficient (Wildman–Crippen LogP) is 3.65. The van der Waals surface area contributed by atoms with Crippen molar-refractivity contribution in [1.29, 1.82) is 0 Å². The first-order valence-corrected chi connectivity index (χ1v) is 8.72. The topological polar surface area (TPSA) is 42.4 Å². The average Bonchev–Trinajstić information content (AvgIpc) is 3.16. The van der Waals surface area contributed by atoms with Gasteiger partial charge in [0.25, 0.3) is 5.91 Å². The van der Waals surface area contributed by atoms with Crippen LogP contribution < -0.4 is 4.74 Å². The Bertz CT molecular complexity index is 1020. The highest BCUT2D eigenvalue weighted by Crippen LogP contribution is 2.26. The van der Waals surface area contributed by atoms with Crippen molar-refractivity contribution in [3.05, 3.63) is 94.8 Å². The third-order valence-electron chi connectivity index (χ3n) is 4.56. The van der Waals surface area contributed by atoms with Gasteiger partial charge in [-0.05, 0) is 47.4 Å². The van der Waals surface area contributed by atoms with E-state index >= 15 is 0 Å². The standard InChI is InChI=1S/C23H18N2O2/c1-27-22-12-10-18(14-17(22)9-11-21-8-4-5-13-24-21)23(26)25-15-19-6-2-3-7-20(19)16-25/h2-8,10,12-14H,15-16H2,1H3. The van der Waals surface area contributed by atoms with Crippen LogP contribution in [0.4, 0.5) is 0 Å². The molecule has 0 unspecified atom stereocenters. The molecule has 0 N–H and O–H groups in total. The maximum absolute atomic E-state index is 13.0. The van der Waals surface area contributed by atoms with Gasteiger partial charge >= 0.3 is 0 Å². The normalized spacial score (nSPS) is 12.1. The van der Waals surface area contributed by atoms with Gasteiger partial charge in [-0.25, -0.2) is 4.98 Å². The van der Waals surface area contributed by atoms with Crippen LogP contribution in [0.1, 0.15) is 32.7 Å². The fraction of sp³-hybridized carbons (Fsp3) is 0.130. The number of benzene rings is 2. The van der Waals surface area contributed by atoms with E-state index in [4.69, 9.17) is 4.74 Å². The van der Waals surface area contributed by atoms with Crippen molar-refractivity contribution in [3.8, 4) is 17.6 Å². The van der Waals surface area contributed by atoms with E-state index in [2.05, 4.69) is 29.0 Å². The molecule has 1 aliphatic heterocycles. The second-order valence-corrected chi connectivity index (χ2v) is 6.31. The minimum Gasteiger partial charge on any atom is -0.495 e. The zero-order valence-electron chi connectivity index (χ0n) is 15.0. The summed E-state index contributed by atoms with van der Waals surface area (Å²) in [6, 6.07) is 19.1. The van der Waals surface area contributed by atoms with Crippen LogP contribution >= 0.6 is 0 Å². The van der Waals surface area contributed by atoms with Crippen LogP contribution in [0.3, 0.4) is 0 Å². The summed E-state index contributed by atoms with van der Waals surface area (Å²) in [4.78, 5) is 19.0. The number of fused-ring (bicyclic) bond motifs is 1. The van der Waals surface area contributed by atoms with Crippen LogP contribution in [0, 0.1) is 11.8 Å². The highest BCUT2D eigenvalue weighted by Gasteiger charge is 2.24. The van der Waals surface area contributed by atoms with Crippen LogP contribution in [0.2, 0.25) is 0 Å². The molecule has 4 nitrogen and oxygen atoms in total. The molecule has 27 heavy (non-hydrogen) atoms. The van der Waals surface area contributed by atoms with Gasteiger partial charge in [-0.2, -0.15) is 0 Å². The van der Waals surface area contributed by atoms with Crippen LogP contribution in [-0.4, -0.2) is 22.9 Å². The summed E-state index contributed by atoms with van der Waals surface area (Å²) in [6.07, 6.45) is 1.70. The SMILES string of the molecule is COc1ccc(C(=O)N2Cc3ccccc3C2)cc1C#Cc1ccccn1. The first-order chi connectivity index (χ1) is 13.2. The van der Waals surface area contributed by atoms with E-state index in [9.17, 15) is 4.79 Å². The Labute approximate surface area is 158 Å². The second-order valence-electron chi connectivity index (χ2n) is 6.31. The van der Waals surface area contributed by atoms with Crippen LogP contribution in [0.15, 0.2) is 66.9 Å². The average molecular weight is 354 g/mol. The highest BCUT2D eigenvalue weighted by atomic mass is 16.5.